The third kappa shape index (κ3) is 3.98. The SMILES string of the molecule is Cc1cccc(CS(=O)(=O)Nc2nc(C)c(-c3cccnc3)s2)c1. The molecule has 0 atom stereocenters. The van der Waals surface area contributed by atoms with E-state index in [9.17, 15) is 8.42 Å². The predicted octanol–water partition coefficient (Wildman–Crippen LogP) is 3.76. The van der Waals surface area contributed by atoms with Gasteiger partial charge in [-0.1, -0.05) is 47.2 Å². The smallest absolute Gasteiger partial charge is 0.238 e. The van der Waals surface area contributed by atoms with Crippen molar-refractivity contribution in [1.29, 1.82) is 0 Å². The monoisotopic (exact) mass is 359 g/mol. The van der Waals surface area contributed by atoms with Crippen molar-refractivity contribution in [2.45, 2.75) is 19.6 Å². The number of nitrogens with one attached hydrogen (secondary N) is 1. The van der Waals surface area contributed by atoms with Crippen LogP contribution >= 0.6 is 11.3 Å². The third-order valence-corrected chi connectivity index (χ3v) is 5.87. The quantitative estimate of drug-likeness (QED) is 0.753. The Morgan fingerprint density at radius 3 is 2.71 bits per heavy atom. The first-order valence-corrected chi connectivity index (χ1v) is 9.84. The number of benzene rings is 1. The highest BCUT2D eigenvalue weighted by molar-refractivity contribution is 7.92. The van der Waals surface area contributed by atoms with Gasteiger partial charge in [0, 0.05) is 18.0 Å². The van der Waals surface area contributed by atoms with Gasteiger partial charge in [-0.2, -0.15) is 0 Å². The summed E-state index contributed by atoms with van der Waals surface area (Å²) in [5.41, 5.74) is 3.49. The van der Waals surface area contributed by atoms with E-state index in [1.54, 1.807) is 18.5 Å². The highest BCUT2D eigenvalue weighted by Gasteiger charge is 2.16. The fourth-order valence-electron chi connectivity index (χ4n) is 2.40. The second-order valence-corrected chi connectivity index (χ2v) is 8.25. The van der Waals surface area contributed by atoms with E-state index in [0.717, 1.165) is 27.3 Å². The van der Waals surface area contributed by atoms with Gasteiger partial charge >= 0.3 is 0 Å². The first kappa shape index (κ1) is 16.6. The van der Waals surface area contributed by atoms with E-state index < -0.39 is 10.0 Å². The number of hydrogen-bond acceptors (Lipinski definition) is 5. The van der Waals surface area contributed by atoms with Crippen molar-refractivity contribution in [1.82, 2.24) is 9.97 Å². The average Bonchev–Trinajstić information content (AvgIpc) is 2.87. The molecule has 24 heavy (non-hydrogen) atoms. The van der Waals surface area contributed by atoms with Gasteiger partial charge < -0.3 is 0 Å². The molecule has 0 saturated heterocycles. The van der Waals surface area contributed by atoms with E-state index in [4.69, 9.17) is 0 Å². The minimum Gasteiger partial charge on any atom is -0.264 e. The number of anilines is 1. The molecule has 3 rings (SSSR count). The Balaban J connectivity index is 1.81. The maximum absolute atomic E-state index is 12.4. The Bertz CT molecular complexity index is 951. The van der Waals surface area contributed by atoms with Crippen LogP contribution < -0.4 is 4.72 Å². The minimum absolute atomic E-state index is 0.0739. The lowest BCUT2D eigenvalue weighted by Crippen LogP contribution is -2.15. The molecule has 1 N–H and O–H groups in total. The van der Waals surface area contributed by atoms with Gasteiger partial charge in [-0.3, -0.25) is 9.71 Å². The number of rotatable bonds is 5. The number of pyridine rings is 1. The summed E-state index contributed by atoms with van der Waals surface area (Å²) in [6.07, 6.45) is 3.44. The van der Waals surface area contributed by atoms with Gasteiger partial charge in [-0.05, 0) is 25.5 Å². The van der Waals surface area contributed by atoms with E-state index in [2.05, 4.69) is 14.7 Å². The van der Waals surface area contributed by atoms with E-state index in [0.29, 0.717) is 5.13 Å². The molecule has 0 spiro atoms. The van der Waals surface area contributed by atoms with Crippen LogP contribution in [0.2, 0.25) is 0 Å². The molecule has 0 aliphatic heterocycles. The molecule has 124 valence electrons. The summed E-state index contributed by atoms with van der Waals surface area (Å²) < 4.78 is 27.3. The topological polar surface area (TPSA) is 72.0 Å². The van der Waals surface area contributed by atoms with Crippen LogP contribution in [0, 0.1) is 13.8 Å². The van der Waals surface area contributed by atoms with Crippen molar-refractivity contribution in [2.24, 2.45) is 0 Å². The first-order valence-electron chi connectivity index (χ1n) is 7.37. The van der Waals surface area contributed by atoms with Gasteiger partial charge in [-0.15, -0.1) is 0 Å². The van der Waals surface area contributed by atoms with Crippen LogP contribution in [0.3, 0.4) is 0 Å². The summed E-state index contributed by atoms with van der Waals surface area (Å²) in [7, 11) is -3.51. The molecular formula is C17H17N3O2S2. The number of aryl methyl sites for hydroxylation is 2. The Hall–Kier alpha value is -2.25. The van der Waals surface area contributed by atoms with E-state index in [-0.39, 0.29) is 5.75 Å². The normalized spacial score (nSPS) is 11.4. The molecule has 0 radical (unpaired) electrons. The van der Waals surface area contributed by atoms with Crippen LogP contribution in [0.5, 0.6) is 0 Å². The lowest BCUT2D eigenvalue weighted by Gasteiger charge is -2.05. The zero-order valence-corrected chi connectivity index (χ0v) is 15.0. The average molecular weight is 359 g/mol. The summed E-state index contributed by atoms with van der Waals surface area (Å²) in [6, 6.07) is 11.2. The fourth-order valence-corrected chi connectivity index (χ4v) is 4.75. The van der Waals surface area contributed by atoms with Gasteiger partial charge in [-0.25, -0.2) is 13.4 Å². The predicted molar refractivity (Wildman–Crippen MR) is 97.5 cm³/mol. The number of hydrogen-bond donors (Lipinski definition) is 1. The van der Waals surface area contributed by atoms with Crippen LogP contribution in [0.25, 0.3) is 10.4 Å². The molecule has 0 bridgehead atoms. The molecule has 0 amide bonds. The summed E-state index contributed by atoms with van der Waals surface area (Å²) >= 11 is 1.31. The van der Waals surface area contributed by atoms with Crippen molar-refractivity contribution in [2.75, 3.05) is 4.72 Å². The van der Waals surface area contributed by atoms with Gasteiger partial charge in [0.05, 0.1) is 16.3 Å². The fraction of sp³-hybridized carbons (Fsp3) is 0.176. The van der Waals surface area contributed by atoms with Crippen LogP contribution in [-0.2, 0) is 15.8 Å². The zero-order chi connectivity index (χ0) is 17.2. The second-order valence-electron chi connectivity index (χ2n) is 5.53. The number of sulfonamides is 1. The third-order valence-electron chi connectivity index (χ3n) is 3.40. The van der Waals surface area contributed by atoms with Crippen LogP contribution in [0.15, 0.2) is 48.8 Å². The van der Waals surface area contributed by atoms with Crippen LogP contribution in [-0.4, -0.2) is 18.4 Å². The molecule has 3 aromatic rings. The Morgan fingerprint density at radius 1 is 1.17 bits per heavy atom. The minimum atomic E-state index is -3.51. The summed E-state index contributed by atoms with van der Waals surface area (Å²) in [4.78, 5) is 9.34. The number of thiazole rings is 1. The molecule has 2 aromatic heterocycles. The molecule has 0 aliphatic rings. The van der Waals surface area contributed by atoms with Gasteiger partial charge in [0.15, 0.2) is 5.13 Å². The van der Waals surface area contributed by atoms with Gasteiger partial charge in [0.1, 0.15) is 0 Å². The van der Waals surface area contributed by atoms with Crippen molar-refractivity contribution in [3.05, 3.63) is 65.6 Å². The Morgan fingerprint density at radius 2 is 2.00 bits per heavy atom. The van der Waals surface area contributed by atoms with Crippen molar-refractivity contribution in [3.63, 3.8) is 0 Å². The summed E-state index contributed by atoms with van der Waals surface area (Å²) in [6.45, 7) is 3.80. The zero-order valence-electron chi connectivity index (χ0n) is 13.4. The molecule has 0 unspecified atom stereocenters. The van der Waals surface area contributed by atoms with Crippen LogP contribution in [0.1, 0.15) is 16.8 Å². The first-order chi connectivity index (χ1) is 11.4. The van der Waals surface area contributed by atoms with Crippen LogP contribution in [0.4, 0.5) is 5.13 Å². The highest BCUT2D eigenvalue weighted by Crippen LogP contribution is 2.32. The molecular weight excluding hydrogens is 342 g/mol. The molecule has 1 aromatic carbocycles. The van der Waals surface area contributed by atoms with E-state index in [1.807, 2.05) is 44.2 Å². The van der Waals surface area contributed by atoms with Crippen molar-refractivity contribution < 1.29 is 8.42 Å². The van der Waals surface area contributed by atoms with Crippen molar-refractivity contribution >= 4 is 26.5 Å². The van der Waals surface area contributed by atoms with E-state index >= 15 is 0 Å². The van der Waals surface area contributed by atoms with Gasteiger partial charge in [0.25, 0.3) is 0 Å². The standard InChI is InChI=1S/C17H17N3O2S2/c1-12-5-3-6-14(9-12)11-24(21,22)20-17-19-13(2)16(23-17)15-7-4-8-18-10-15/h3-10H,11H2,1-2H3,(H,19,20). The number of aromatic nitrogens is 2. The lowest BCUT2D eigenvalue weighted by atomic mass is 10.2. The molecule has 5 nitrogen and oxygen atoms in total. The summed E-state index contributed by atoms with van der Waals surface area (Å²) in [5, 5.41) is 0.374. The maximum Gasteiger partial charge on any atom is 0.238 e. The van der Waals surface area contributed by atoms with E-state index in [1.165, 1.54) is 11.3 Å². The summed E-state index contributed by atoms with van der Waals surface area (Å²) in [5.74, 6) is -0.0739. The maximum atomic E-state index is 12.4. The lowest BCUT2D eigenvalue weighted by molar-refractivity contribution is 0.600. The number of nitrogens with zero attached hydrogens (tertiary/aromatic N) is 2. The molecule has 7 heteroatoms. The largest absolute Gasteiger partial charge is 0.264 e. The molecule has 0 fully saturated rings. The Kier molecular flexibility index (Phi) is 4.64. The molecule has 2 heterocycles. The molecule has 0 aliphatic carbocycles. The van der Waals surface area contributed by atoms with Gasteiger partial charge in [0.2, 0.25) is 10.0 Å². The van der Waals surface area contributed by atoms with Crippen molar-refractivity contribution in [3.8, 4) is 10.4 Å². The Labute approximate surface area is 145 Å². The molecule has 0 saturated carbocycles. The highest BCUT2D eigenvalue weighted by atomic mass is 32.2. The second kappa shape index (κ2) is 6.70.